The van der Waals surface area contributed by atoms with Crippen molar-refractivity contribution in [1.29, 1.82) is 0 Å². The van der Waals surface area contributed by atoms with Gasteiger partial charge in [0.2, 0.25) is 0 Å². The minimum atomic E-state index is -1.12. The Kier molecular flexibility index (Phi) is 3.81. The molecule has 0 bridgehead atoms. The molecule has 0 heterocycles. The molecule has 0 aliphatic rings. The van der Waals surface area contributed by atoms with Gasteiger partial charge in [-0.05, 0) is 19.9 Å². The lowest BCUT2D eigenvalue weighted by Crippen LogP contribution is -2.37. The summed E-state index contributed by atoms with van der Waals surface area (Å²) in [5, 5.41) is 9.79. The zero-order valence-electron chi connectivity index (χ0n) is 10.5. The molecule has 18 heavy (non-hydrogen) atoms. The third-order valence-corrected chi connectivity index (χ3v) is 2.96. The number of benzene rings is 1. The SMILES string of the molecule is COC(=O)C(C)(C)[C@H](N)c1cc(F)cc(N)c1O. The summed E-state index contributed by atoms with van der Waals surface area (Å²) < 4.78 is 17.9. The molecule has 5 N–H and O–H groups in total. The number of nitrogen functional groups attached to an aromatic ring is 1. The minimum Gasteiger partial charge on any atom is -0.505 e. The minimum absolute atomic E-state index is 0.0721. The van der Waals surface area contributed by atoms with Crippen LogP contribution >= 0.6 is 0 Å². The van der Waals surface area contributed by atoms with Gasteiger partial charge < -0.3 is 21.3 Å². The zero-order valence-corrected chi connectivity index (χ0v) is 10.5. The molecule has 1 aromatic carbocycles. The van der Waals surface area contributed by atoms with Crippen LogP contribution in [0.4, 0.5) is 10.1 Å². The molecule has 0 saturated heterocycles. The number of rotatable bonds is 3. The summed E-state index contributed by atoms with van der Waals surface area (Å²) in [6, 6.07) is 1.10. The van der Waals surface area contributed by atoms with Crippen LogP contribution in [0.25, 0.3) is 0 Å². The van der Waals surface area contributed by atoms with Crippen LogP contribution in [0.5, 0.6) is 5.75 Å². The predicted molar refractivity (Wildman–Crippen MR) is 65.2 cm³/mol. The van der Waals surface area contributed by atoms with Crippen LogP contribution in [-0.2, 0) is 9.53 Å². The Morgan fingerprint density at radius 2 is 2.06 bits per heavy atom. The number of aromatic hydroxyl groups is 1. The van der Waals surface area contributed by atoms with Gasteiger partial charge in [-0.2, -0.15) is 0 Å². The van der Waals surface area contributed by atoms with Crippen LogP contribution in [-0.4, -0.2) is 18.2 Å². The Morgan fingerprint density at radius 1 is 1.50 bits per heavy atom. The summed E-state index contributed by atoms with van der Waals surface area (Å²) in [5.41, 5.74) is 10.2. The lowest BCUT2D eigenvalue weighted by atomic mass is 9.80. The smallest absolute Gasteiger partial charge is 0.313 e. The first-order valence-electron chi connectivity index (χ1n) is 5.33. The summed E-state index contributed by atoms with van der Waals surface area (Å²) >= 11 is 0. The van der Waals surface area contributed by atoms with Crippen molar-refractivity contribution in [1.82, 2.24) is 0 Å². The summed E-state index contributed by atoms with van der Waals surface area (Å²) in [5.74, 6) is -1.51. The third-order valence-electron chi connectivity index (χ3n) is 2.96. The monoisotopic (exact) mass is 256 g/mol. The highest BCUT2D eigenvalue weighted by molar-refractivity contribution is 5.77. The summed E-state index contributed by atoms with van der Waals surface area (Å²) in [6.07, 6.45) is 0. The molecule has 1 rings (SSSR count). The fourth-order valence-corrected chi connectivity index (χ4v) is 1.66. The molecular formula is C12H17FN2O3. The number of ether oxygens (including phenoxy) is 1. The Balaban J connectivity index is 3.26. The highest BCUT2D eigenvalue weighted by atomic mass is 19.1. The first-order chi connectivity index (χ1) is 8.21. The second kappa shape index (κ2) is 4.81. The molecule has 0 unspecified atom stereocenters. The molecule has 0 spiro atoms. The van der Waals surface area contributed by atoms with Crippen molar-refractivity contribution in [3.63, 3.8) is 0 Å². The number of anilines is 1. The van der Waals surface area contributed by atoms with Crippen molar-refractivity contribution in [3.05, 3.63) is 23.5 Å². The zero-order chi connectivity index (χ0) is 14.1. The molecule has 0 aromatic heterocycles. The van der Waals surface area contributed by atoms with Gasteiger partial charge in [-0.1, -0.05) is 0 Å². The van der Waals surface area contributed by atoms with E-state index in [0.717, 1.165) is 12.1 Å². The van der Waals surface area contributed by atoms with E-state index in [1.54, 1.807) is 13.8 Å². The molecule has 1 aromatic rings. The van der Waals surface area contributed by atoms with Crippen molar-refractivity contribution in [2.24, 2.45) is 11.1 Å². The maximum absolute atomic E-state index is 13.3. The largest absolute Gasteiger partial charge is 0.505 e. The van der Waals surface area contributed by atoms with Crippen LogP contribution < -0.4 is 11.5 Å². The van der Waals surface area contributed by atoms with Gasteiger partial charge in [0.15, 0.2) is 0 Å². The third kappa shape index (κ3) is 2.38. The second-order valence-electron chi connectivity index (χ2n) is 4.62. The molecule has 1 atom stereocenters. The van der Waals surface area contributed by atoms with Crippen molar-refractivity contribution in [2.45, 2.75) is 19.9 Å². The fraction of sp³-hybridized carbons (Fsp3) is 0.417. The van der Waals surface area contributed by atoms with Gasteiger partial charge in [-0.15, -0.1) is 0 Å². The molecule has 0 aliphatic carbocycles. The Hall–Kier alpha value is -1.82. The molecule has 0 radical (unpaired) electrons. The number of hydrogen-bond donors (Lipinski definition) is 3. The van der Waals surface area contributed by atoms with Gasteiger partial charge in [0.05, 0.1) is 18.2 Å². The molecule has 5 nitrogen and oxygen atoms in total. The number of phenols is 1. The number of esters is 1. The second-order valence-corrected chi connectivity index (χ2v) is 4.62. The molecule has 0 amide bonds. The molecule has 0 fully saturated rings. The van der Waals surface area contributed by atoms with Gasteiger partial charge in [-0.3, -0.25) is 4.79 Å². The lowest BCUT2D eigenvalue weighted by molar-refractivity contribution is -0.152. The van der Waals surface area contributed by atoms with E-state index < -0.39 is 23.2 Å². The first-order valence-corrected chi connectivity index (χ1v) is 5.33. The first kappa shape index (κ1) is 14.2. The topological polar surface area (TPSA) is 98.6 Å². The van der Waals surface area contributed by atoms with Crippen LogP contribution in [0, 0.1) is 11.2 Å². The van der Waals surface area contributed by atoms with E-state index in [4.69, 9.17) is 11.5 Å². The number of phenolic OH excluding ortho intramolecular Hbond substituents is 1. The van der Waals surface area contributed by atoms with Gasteiger partial charge >= 0.3 is 5.97 Å². The molecule has 100 valence electrons. The number of nitrogens with two attached hydrogens (primary N) is 2. The predicted octanol–water partition coefficient (Wildman–Crippen LogP) is 1.31. The molecule has 0 aliphatic heterocycles. The summed E-state index contributed by atoms with van der Waals surface area (Å²) in [4.78, 5) is 11.6. The maximum Gasteiger partial charge on any atom is 0.313 e. The van der Waals surface area contributed by atoms with Gasteiger partial charge in [0.25, 0.3) is 0 Å². The molecule has 6 heteroatoms. The van der Waals surface area contributed by atoms with E-state index in [-0.39, 0.29) is 17.0 Å². The van der Waals surface area contributed by atoms with Gasteiger partial charge in [0.1, 0.15) is 11.6 Å². The number of methoxy groups -OCH3 is 1. The van der Waals surface area contributed by atoms with E-state index in [1.165, 1.54) is 7.11 Å². The lowest BCUT2D eigenvalue weighted by Gasteiger charge is -2.29. The fourth-order valence-electron chi connectivity index (χ4n) is 1.66. The van der Waals surface area contributed by atoms with E-state index >= 15 is 0 Å². The van der Waals surface area contributed by atoms with E-state index in [2.05, 4.69) is 4.74 Å². The highest BCUT2D eigenvalue weighted by Gasteiger charge is 2.38. The molecular weight excluding hydrogens is 239 g/mol. The standard InChI is InChI=1S/C12H17FN2O3/c1-12(2,11(17)18-3)10(15)7-4-6(13)5-8(14)9(7)16/h4-5,10,16H,14-15H2,1-3H3/t10-/m1/s1. The average Bonchev–Trinajstić information content (AvgIpc) is 2.31. The van der Waals surface area contributed by atoms with E-state index in [9.17, 15) is 14.3 Å². The van der Waals surface area contributed by atoms with Crippen LogP contribution in [0.15, 0.2) is 12.1 Å². The quantitative estimate of drug-likeness (QED) is 0.430. The maximum atomic E-state index is 13.3. The van der Waals surface area contributed by atoms with Gasteiger partial charge in [0, 0.05) is 17.7 Å². The van der Waals surface area contributed by atoms with Crippen molar-refractivity contribution in [3.8, 4) is 5.75 Å². The Morgan fingerprint density at radius 3 is 2.56 bits per heavy atom. The number of hydrogen-bond acceptors (Lipinski definition) is 5. The van der Waals surface area contributed by atoms with Crippen molar-refractivity contribution in [2.75, 3.05) is 12.8 Å². The average molecular weight is 256 g/mol. The number of carbonyl (C=O) groups excluding carboxylic acids is 1. The van der Waals surface area contributed by atoms with E-state index in [1.807, 2.05) is 0 Å². The highest BCUT2D eigenvalue weighted by Crippen LogP contribution is 2.39. The number of carbonyl (C=O) groups is 1. The van der Waals surface area contributed by atoms with Gasteiger partial charge in [-0.25, -0.2) is 4.39 Å². The Labute approximate surface area is 105 Å². The van der Waals surface area contributed by atoms with Crippen molar-refractivity contribution < 1.29 is 19.0 Å². The molecule has 0 saturated carbocycles. The van der Waals surface area contributed by atoms with Crippen LogP contribution in [0.3, 0.4) is 0 Å². The Bertz CT molecular complexity index is 475. The van der Waals surface area contributed by atoms with Crippen molar-refractivity contribution >= 4 is 11.7 Å². The summed E-state index contributed by atoms with van der Waals surface area (Å²) in [6.45, 7) is 3.09. The number of halogens is 1. The normalized spacial score (nSPS) is 13.2. The van der Waals surface area contributed by atoms with Crippen LogP contribution in [0.2, 0.25) is 0 Å². The summed E-state index contributed by atoms with van der Waals surface area (Å²) in [7, 11) is 1.23. The van der Waals surface area contributed by atoms with Crippen LogP contribution in [0.1, 0.15) is 25.5 Å². The van der Waals surface area contributed by atoms with E-state index in [0.29, 0.717) is 0 Å².